The Kier molecular flexibility index (Phi) is 8.32. The van der Waals surface area contributed by atoms with Crippen LogP contribution in [0.5, 0.6) is 0 Å². The summed E-state index contributed by atoms with van der Waals surface area (Å²) >= 11 is 0.865. The molecule has 2 aliphatic heterocycles. The Morgan fingerprint density at radius 2 is 1.45 bits per heavy atom. The average Bonchev–Trinajstić information content (AvgIpc) is 3.26. The summed E-state index contributed by atoms with van der Waals surface area (Å²) in [5.74, 6) is -1.72. The molecule has 9 nitrogen and oxygen atoms in total. The number of fused-ring (bicyclic) bond motifs is 1. The summed E-state index contributed by atoms with van der Waals surface area (Å²) in [5, 5.41) is 2.48. The lowest BCUT2D eigenvalue weighted by molar-refractivity contribution is -0.194. The Balaban J connectivity index is 1.64. The lowest BCUT2D eigenvalue weighted by Gasteiger charge is -2.41. The lowest BCUT2D eigenvalue weighted by Crippen LogP contribution is -2.59. The first kappa shape index (κ1) is 27.5. The molecular formula is C26H26F2N2O7S. The van der Waals surface area contributed by atoms with Gasteiger partial charge in [-0.25, -0.2) is 23.2 Å². The van der Waals surface area contributed by atoms with Crippen LogP contribution in [0.15, 0.2) is 65.7 Å². The molecule has 0 saturated carbocycles. The van der Waals surface area contributed by atoms with Crippen molar-refractivity contribution in [2.45, 2.75) is 62.6 Å². The van der Waals surface area contributed by atoms with Crippen LogP contribution < -0.4 is 5.32 Å². The van der Waals surface area contributed by atoms with E-state index in [0.717, 1.165) is 11.8 Å². The molecular weight excluding hydrogens is 522 g/mol. The minimum absolute atomic E-state index is 0.0260. The van der Waals surface area contributed by atoms with Gasteiger partial charge in [0.25, 0.3) is 6.43 Å². The number of benzene rings is 2. The van der Waals surface area contributed by atoms with Crippen LogP contribution in [0, 0.1) is 0 Å². The molecule has 0 radical (unpaired) electrons. The van der Waals surface area contributed by atoms with Crippen molar-refractivity contribution in [2.75, 3.05) is 0 Å². The fraction of sp³-hybridized carbons (Fsp3) is 0.385. The Morgan fingerprint density at radius 3 is 1.95 bits per heavy atom. The second-order valence-electron chi connectivity index (χ2n) is 9.45. The molecule has 2 aromatic rings. The SMILES string of the molecule is CC(C)(C)OC(=O)NC1=N[C@@H]2[C@@H](OC(=O)c3ccccc3)[C@H](OC(=O)c3ccccc3)[C@@H](C(F)F)O[C@@H]2S1. The Labute approximate surface area is 221 Å². The molecule has 12 heteroatoms. The van der Waals surface area contributed by atoms with E-state index in [9.17, 15) is 23.2 Å². The number of aliphatic imine (C=N–C) groups is 1. The van der Waals surface area contributed by atoms with Gasteiger partial charge in [-0.3, -0.25) is 10.3 Å². The van der Waals surface area contributed by atoms with Crippen LogP contribution >= 0.6 is 11.8 Å². The van der Waals surface area contributed by atoms with E-state index >= 15 is 0 Å². The van der Waals surface area contributed by atoms with Gasteiger partial charge in [0.15, 0.2) is 23.5 Å². The zero-order valence-corrected chi connectivity index (χ0v) is 21.5. The van der Waals surface area contributed by atoms with Gasteiger partial charge in [0.05, 0.1) is 11.1 Å². The minimum Gasteiger partial charge on any atom is -0.452 e. The van der Waals surface area contributed by atoms with Crippen LogP contribution in [0.4, 0.5) is 13.6 Å². The first-order chi connectivity index (χ1) is 18.0. The van der Waals surface area contributed by atoms with Crippen LogP contribution in [0.3, 0.4) is 0 Å². The molecule has 0 spiro atoms. The highest BCUT2D eigenvalue weighted by Crippen LogP contribution is 2.40. The molecule has 38 heavy (non-hydrogen) atoms. The maximum absolute atomic E-state index is 14.2. The predicted molar refractivity (Wildman–Crippen MR) is 134 cm³/mol. The number of esters is 2. The normalized spacial score (nSPS) is 24.7. The third-order valence-electron chi connectivity index (χ3n) is 5.41. The highest BCUT2D eigenvalue weighted by Gasteiger charge is 2.56. The first-order valence-corrected chi connectivity index (χ1v) is 12.6. The Morgan fingerprint density at radius 1 is 0.921 bits per heavy atom. The third-order valence-corrected chi connectivity index (χ3v) is 6.46. The number of nitrogens with zero attached hydrogens (tertiary/aromatic N) is 1. The summed E-state index contributed by atoms with van der Waals surface area (Å²) in [5.41, 5.74) is -1.56. The summed E-state index contributed by atoms with van der Waals surface area (Å²) in [4.78, 5) is 42.4. The Bertz CT molecular complexity index is 1190. The number of amides is 1. The molecule has 2 heterocycles. The van der Waals surface area contributed by atoms with E-state index < -0.39 is 59.8 Å². The van der Waals surface area contributed by atoms with Crippen molar-refractivity contribution in [3.63, 3.8) is 0 Å². The molecule has 0 unspecified atom stereocenters. The monoisotopic (exact) mass is 548 g/mol. The second-order valence-corrected chi connectivity index (χ2v) is 10.5. The Hall–Kier alpha value is -3.51. The smallest absolute Gasteiger partial charge is 0.413 e. The van der Waals surface area contributed by atoms with Gasteiger partial charge in [-0.05, 0) is 45.0 Å². The topological polar surface area (TPSA) is 113 Å². The van der Waals surface area contributed by atoms with Gasteiger partial charge in [-0.2, -0.15) is 0 Å². The molecule has 0 bridgehead atoms. The van der Waals surface area contributed by atoms with E-state index in [1.807, 2.05) is 0 Å². The number of alkyl carbamates (subject to hydrolysis) is 1. The largest absolute Gasteiger partial charge is 0.452 e. The van der Waals surface area contributed by atoms with Gasteiger partial charge < -0.3 is 18.9 Å². The van der Waals surface area contributed by atoms with Crippen LogP contribution in [-0.2, 0) is 18.9 Å². The highest BCUT2D eigenvalue weighted by molar-refractivity contribution is 8.14. The minimum atomic E-state index is -3.09. The fourth-order valence-electron chi connectivity index (χ4n) is 3.81. The van der Waals surface area contributed by atoms with Crippen LogP contribution in [-0.4, -0.2) is 65.0 Å². The van der Waals surface area contributed by atoms with Gasteiger partial charge in [0.1, 0.15) is 17.1 Å². The highest BCUT2D eigenvalue weighted by atomic mass is 32.2. The van der Waals surface area contributed by atoms with Gasteiger partial charge in [0, 0.05) is 0 Å². The molecule has 2 aliphatic rings. The first-order valence-electron chi connectivity index (χ1n) is 11.7. The maximum atomic E-state index is 14.2. The van der Waals surface area contributed by atoms with Crippen LogP contribution in [0.1, 0.15) is 41.5 Å². The number of carbonyl (C=O) groups is 3. The van der Waals surface area contributed by atoms with Gasteiger partial charge in [-0.1, -0.05) is 48.2 Å². The number of hydrogen-bond acceptors (Lipinski definition) is 9. The molecule has 0 aromatic heterocycles. The number of carbonyl (C=O) groups excluding carboxylic acids is 3. The van der Waals surface area contributed by atoms with E-state index in [1.54, 1.807) is 57.2 Å². The van der Waals surface area contributed by atoms with E-state index in [4.69, 9.17) is 18.9 Å². The molecule has 1 saturated heterocycles. The number of hydrogen-bond donors (Lipinski definition) is 1. The third kappa shape index (κ3) is 6.67. The van der Waals surface area contributed by atoms with Crippen molar-refractivity contribution >= 4 is 35.0 Å². The summed E-state index contributed by atoms with van der Waals surface area (Å²) < 4.78 is 50.4. The number of rotatable bonds is 5. The number of thioether (sulfide) groups is 1. The summed E-state index contributed by atoms with van der Waals surface area (Å²) in [6, 6.07) is 14.6. The van der Waals surface area contributed by atoms with Gasteiger partial charge >= 0.3 is 18.0 Å². The lowest BCUT2D eigenvalue weighted by atomic mass is 9.97. The molecule has 1 amide bonds. The van der Waals surface area contributed by atoms with Crippen molar-refractivity contribution in [2.24, 2.45) is 4.99 Å². The van der Waals surface area contributed by atoms with Crippen molar-refractivity contribution < 1.29 is 42.1 Å². The van der Waals surface area contributed by atoms with Crippen LogP contribution in [0.25, 0.3) is 0 Å². The summed E-state index contributed by atoms with van der Waals surface area (Å²) in [6.45, 7) is 5.03. The van der Waals surface area contributed by atoms with E-state index in [2.05, 4.69) is 10.3 Å². The maximum Gasteiger partial charge on any atom is 0.413 e. The molecule has 0 aliphatic carbocycles. The van der Waals surface area contributed by atoms with E-state index in [-0.39, 0.29) is 16.3 Å². The van der Waals surface area contributed by atoms with Gasteiger partial charge in [-0.15, -0.1) is 0 Å². The standard InChI is InChI=1S/C26H26F2N2O7S/c1-26(2,3)37-25(33)30-24-29-16-17(34-21(31)14-10-6-4-7-11-14)18(19(20(27)28)36-23(16)38-24)35-22(32)15-12-8-5-9-13-15/h4-13,16-20,23H,1-3H3,(H,29,30,33)/t16-,17-,18+,19+,23-/m1/s1. The predicted octanol–water partition coefficient (Wildman–Crippen LogP) is 4.42. The molecule has 5 atom stereocenters. The second kappa shape index (κ2) is 11.5. The quantitative estimate of drug-likeness (QED) is 0.432. The average molecular weight is 549 g/mol. The molecule has 1 fully saturated rings. The van der Waals surface area contributed by atoms with Crippen molar-refractivity contribution in [1.82, 2.24) is 5.32 Å². The van der Waals surface area contributed by atoms with Crippen molar-refractivity contribution in [3.8, 4) is 0 Å². The fourth-order valence-corrected chi connectivity index (χ4v) is 4.90. The molecule has 1 N–H and O–H groups in total. The van der Waals surface area contributed by atoms with Crippen LogP contribution in [0.2, 0.25) is 0 Å². The van der Waals surface area contributed by atoms with E-state index in [0.29, 0.717) is 0 Å². The number of nitrogens with one attached hydrogen (secondary N) is 1. The zero-order chi connectivity index (χ0) is 27.4. The van der Waals surface area contributed by atoms with Crippen molar-refractivity contribution in [3.05, 3.63) is 71.8 Å². The molecule has 4 rings (SSSR count). The van der Waals surface area contributed by atoms with Crippen molar-refractivity contribution in [1.29, 1.82) is 0 Å². The number of halogens is 2. The summed E-state index contributed by atoms with van der Waals surface area (Å²) in [6.07, 6.45) is -8.97. The number of amidine groups is 1. The zero-order valence-electron chi connectivity index (χ0n) is 20.7. The number of alkyl halides is 2. The molecule has 202 valence electrons. The molecule has 2 aromatic carbocycles. The number of ether oxygens (including phenoxy) is 4. The van der Waals surface area contributed by atoms with Gasteiger partial charge in [0.2, 0.25) is 0 Å². The van der Waals surface area contributed by atoms with E-state index in [1.165, 1.54) is 24.3 Å². The summed E-state index contributed by atoms with van der Waals surface area (Å²) in [7, 11) is 0.